The summed E-state index contributed by atoms with van der Waals surface area (Å²) in [6.45, 7) is 0. The Morgan fingerprint density at radius 2 is 1.41 bits per heavy atom. The number of rotatable bonds is 6. The fraction of sp³-hybridized carbons (Fsp3) is 0.391. The Morgan fingerprint density at radius 1 is 0.793 bits per heavy atom. The van der Waals surface area contributed by atoms with Gasteiger partial charge in [-0.2, -0.15) is 0 Å². The predicted molar refractivity (Wildman–Crippen MR) is 112 cm³/mol. The first-order valence-electron chi connectivity index (χ1n) is 9.64. The molecule has 0 fully saturated rings. The van der Waals surface area contributed by atoms with Crippen LogP contribution < -0.4 is 29.0 Å². The third-order valence-corrected chi connectivity index (χ3v) is 5.93. The molecule has 1 N–H and O–H groups in total. The van der Waals surface area contributed by atoms with Crippen molar-refractivity contribution in [2.45, 2.75) is 18.4 Å². The van der Waals surface area contributed by atoms with E-state index in [0.29, 0.717) is 23.2 Å². The molecule has 0 spiro atoms. The van der Waals surface area contributed by atoms with Crippen LogP contribution in [0.4, 0.5) is 5.69 Å². The minimum absolute atomic E-state index is 0.0530. The highest BCUT2D eigenvalue weighted by Crippen LogP contribution is 2.56. The number of hydrogen-bond acceptors (Lipinski definition) is 6. The van der Waals surface area contributed by atoms with Gasteiger partial charge < -0.3 is 29.0 Å². The zero-order chi connectivity index (χ0) is 20.5. The van der Waals surface area contributed by atoms with Crippen LogP contribution in [0.25, 0.3) is 0 Å². The Morgan fingerprint density at radius 3 is 2.00 bits per heavy atom. The summed E-state index contributed by atoms with van der Waals surface area (Å²) in [6.07, 6.45) is 5.49. The van der Waals surface area contributed by atoms with Gasteiger partial charge in [-0.15, -0.1) is 0 Å². The van der Waals surface area contributed by atoms with Gasteiger partial charge in [0.1, 0.15) is 11.5 Å². The second-order valence-corrected chi connectivity index (χ2v) is 7.19. The first-order valence-corrected chi connectivity index (χ1v) is 9.64. The van der Waals surface area contributed by atoms with E-state index in [9.17, 15) is 0 Å². The van der Waals surface area contributed by atoms with Gasteiger partial charge in [0.2, 0.25) is 5.75 Å². The van der Waals surface area contributed by atoms with Crippen molar-refractivity contribution in [2.75, 3.05) is 40.9 Å². The number of hydrogen-bond donors (Lipinski definition) is 1. The van der Waals surface area contributed by atoms with E-state index < -0.39 is 0 Å². The van der Waals surface area contributed by atoms with Gasteiger partial charge in [0.05, 0.1) is 47.3 Å². The van der Waals surface area contributed by atoms with E-state index in [1.54, 1.807) is 35.5 Å². The molecule has 4 rings (SSSR count). The molecule has 2 aromatic carbocycles. The number of benzene rings is 2. The molecule has 2 aliphatic rings. The number of anilines is 1. The summed E-state index contributed by atoms with van der Waals surface area (Å²) in [5, 5.41) is 3.72. The molecule has 2 aromatic rings. The van der Waals surface area contributed by atoms with Crippen LogP contribution in [-0.4, -0.2) is 35.5 Å². The van der Waals surface area contributed by atoms with Crippen molar-refractivity contribution in [3.63, 3.8) is 0 Å². The molecule has 1 heterocycles. The fourth-order valence-corrected chi connectivity index (χ4v) is 4.61. The maximum atomic E-state index is 5.68. The zero-order valence-corrected chi connectivity index (χ0v) is 17.4. The monoisotopic (exact) mass is 397 g/mol. The van der Waals surface area contributed by atoms with E-state index in [1.165, 1.54) is 0 Å². The molecule has 0 amide bonds. The lowest BCUT2D eigenvalue weighted by Gasteiger charge is -2.39. The maximum Gasteiger partial charge on any atom is 0.203 e. The second-order valence-electron chi connectivity index (χ2n) is 7.19. The Labute approximate surface area is 171 Å². The zero-order valence-electron chi connectivity index (χ0n) is 17.4. The predicted octanol–water partition coefficient (Wildman–Crippen LogP) is 4.56. The Balaban J connectivity index is 1.86. The molecule has 0 radical (unpaired) electrons. The first-order chi connectivity index (χ1) is 14.2. The van der Waals surface area contributed by atoms with Crippen LogP contribution in [0, 0.1) is 5.92 Å². The molecule has 0 saturated carbocycles. The topological polar surface area (TPSA) is 58.2 Å². The minimum atomic E-state index is 0.0530. The van der Waals surface area contributed by atoms with E-state index in [0.717, 1.165) is 34.7 Å². The summed E-state index contributed by atoms with van der Waals surface area (Å²) >= 11 is 0. The van der Waals surface area contributed by atoms with E-state index in [4.69, 9.17) is 23.7 Å². The summed E-state index contributed by atoms with van der Waals surface area (Å²) in [5.41, 5.74) is 3.20. The molecule has 6 heteroatoms. The highest BCUT2D eigenvalue weighted by atomic mass is 16.5. The standard InChI is InChI=1S/C23H27NO5/c1-25-16-9-10-17(26-2)22-20(16)14-7-6-8-15(14)21(24-22)13-11-18(27-3)23(29-5)19(12-13)28-4/h6-7,9-12,14-15,21,24H,8H2,1-5H3. The average Bonchev–Trinajstić information content (AvgIpc) is 3.26. The van der Waals surface area contributed by atoms with Crippen LogP contribution >= 0.6 is 0 Å². The molecule has 0 saturated heterocycles. The van der Waals surface area contributed by atoms with Gasteiger partial charge in [-0.3, -0.25) is 0 Å². The van der Waals surface area contributed by atoms with Crippen LogP contribution in [0.2, 0.25) is 0 Å². The van der Waals surface area contributed by atoms with Crippen LogP contribution in [-0.2, 0) is 0 Å². The number of methoxy groups -OCH3 is 5. The number of allylic oxidation sites excluding steroid dienone is 2. The van der Waals surface area contributed by atoms with Crippen molar-refractivity contribution in [3.05, 3.63) is 47.5 Å². The summed E-state index contributed by atoms with van der Waals surface area (Å²) in [5.74, 6) is 4.14. The molecule has 0 bridgehead atoms. The van der Waals surface area contributed by atoms with Gasteiger partial charge >= 0.3 is 0 Å². The van der Waals surface area contributed by atoms with Crippen molar-refractivity contribution in [3.8, 4) is 28.7 Å². The van der Waals surface area contributed by atoms with E-state index in [2.05, 4.69) is 17.5 Å². The molecule has 0 aromatic heterocycles. The molecule has 3 atom stereocenters. The third-order valence-electron chi connectivity index (χ3n) is 5.93. The van der Waals surface area contributed by atoms with E-state index >= 15 is 0 Å². The first kappa shape index (κ1) is 19.3. The van der Waals surface area contributed by atoms with Crippen molar-refractivity contribution in [1.29, 1.82) is 0 Å². The van der Waals surface area contributed by atoms with Gasteiger partial charge in [0.25, 0.3) is 0 Å². The fourth-order valence-electron chi connectivity index (χ4n) is 4.61. The van der Waals surface area contributed by atoms with Gasteiger partial charge in [0, 0.05) is 11.5 Å². The highest BCUT2D eigenvalue weighted by Gasteiger charge is 2.41. The molecular weight excluding hydrogens is 370 g/mol. The Hall–Kier alpha value is -3.02. The summed E-state index contributed by atoms with van der Waals surface area (Å²) in [4.78, 5) is 0. The van der Waals surface area contributed by atoms with Gasteiger partial charge in [-0.1, -0.05) is 12.2 Å². The SMILES string of the molecule is COc1ccc(OC)c2c1NC(c1cc(OC)c(OC)c(OC)c1)C1CC=CC21. The van der Waals surface area contributed by atoms with E-state index in [1.807, 2.05) is 24.3 Å². The van der Waals surface area contributed by atoms with E-state index in [-0.39, 0.29) is 12.0 Å². The minimum Gasteiger partial charge on any atom is -0.496 e. The molecule has 1 aliphatic heterocycles. The molecule has 29 heavy (non-hydrogen) atoms. The van der Waals surface area contributed by atoms with Crippen molar-refractivity contribution in [1.82, 2.24) is 0 Å². The van der Waals surface area contributed by atoms with Crippen molar-refractivity contribution < 1.29 is 23.7 Å². The highest BCUT2D eigenvalue weighted by molar-refractivity contribution is 5.72. The lowest BCUT2D eigenvalue weighted by atomic mass is 9.76. The van der Waals surface area contributed by atoms with Gasteiger partial charge in [0.15, 0.2) is 11.5 Å². The largest absolute Gasteiger partial charge is 0.496 e. The van der Waals surface area contributed by atoms with Gasteiger partial charge in [-0.25, -0.2) is 0 Å². The van der Waals surface area contributed by atoms with Crippen LogP contribution in [0.15, 0.2) is 36.4 Å². The smallest absolute Gasteiger partial charge is 0.203 e. The Bertz CT molecular complexity index is 914. The van der Waals surface area contributed by atoms with Crippen molar-refractivity contribution in [2.24, 2.45) is 5.92 Å². The molecule has 6 nitrogen and oxygen atoms in total. The molecule has 3 unspecified atom stereocenters. The molecule has 1 aliphatic carbocycles. The average molecular weight is 397 g/mol. The lowest BCUT2D eigenvalue weighted by Crippen LogP contribution is -2.29. The summed E-state index contributed by atoms with van der Waals surface area (Å²) in [7, 11) is 8.29. The van der Waals surface area contributed by atoms with Crippen LogP contribution in [0.1, 0.15) is 29.5 Å². The van der Waals surface area contributed by atoms with Crippen molar-refractivity contribution >= 4 is 5.69 Å². The number of fused-ring (bicyclic) bond motifs is 3. The quantitative estimate of drug-likeness (QED) is 0.722. The van der Waals surface area contributed by atoms with Gasteiger partial charge in [-0.05, 0) is 42.2 Å². The molecular formula is C23H27NO5. The lowest BCUT2D eigenvalue weighted by molar-refractivity contribution is 0.321. The normalized spacial score (nSPS) is 21.6. The van der Waals surface area contributed by atoms with Crippen LogP contribution in [0.5, 0.6) is 28.7 Å². The maximum absolute atomic E-state index is 5.68. The third kappa shape index (κ3) is 3.03. The summed E-state index contributed by atoms with van der Waals surface area (Å²) in [6, 6.07) is 8.01. The van der Waals surface area contributed by atoms with Crippen LogP contribution in [0.3, 0.4) is 0 Å². The number of ether oxygens (including phenoxy) is 5. The second kappa shape index (κ2) is 7.78. The number of nitrogens with one attached hydrogen (secondary N) is 1. The Kier molecular flexibility index (Phi) is 5.18. The molecule has 154 valence electrons. The summed E-state index contributed by atoms with van der Waals surface area (Å²) < 4.78 is 28.0.